The lowest BCUT2D eigenvalue weighted by Gasteiger charge is -2.12. The molecule has 2 aromatic heterocycles. The Labute approximate surface area is 115 Å². The van der Waals surface area contributed by atoms with E-state index in [-0.39, 0.29) is 5.82 Å². The summed E-state index contributed by atoms with van der Waals surface area (Å²) in [5.41, 5.74) is 8.75. The van der Waals surface area contributed by atoms with E-state index >= 15 is 0 Å². The number of rotatable bonds is 2. The summed E-state index contributed by atoms with van der Waals surface area (Å²) in [7, 11) is 0. The molecular formula is C15H13FN4. The zero-order valence-corrected chi connectivity index (χ0v) is 10.9. The highest BCUT2D eigenvalue weighted by Gasteiger charge is 2.13. The normalized spacial score (nSPS) is 10.7. The summed E-state index contributed by atoms with van der Waals surface area (Å²) in [4.78, 5) is 8.22. The van der Waals surface area contributed by atoms with Crippen molar-refractivity contribution in [2.45, 2.75) is 6.92 Å². The van der Waals surface area contributed by atoms with Gasteiger partial charge in [0.2, 0.25) is 0 Å². The maximum atomic E-state index is 13.7. The first-order valence-electron chi connectivity index (χ1n) is 6.17. The van der Waals surface area contributed by atoms with Gasteiger partial charge in [-0.3, -0.25) is 4.57 Å². The Hall–Kier alpha value is -2.69. The number of hydrogen-bond acceptors (Lipinski definition) is 3. The molecule has 1 aromatic carbocycles. The number of nitrogens with two attached hydrogens (primary N) is 1. The average Bonchev–Trinajstić information content (AvgIpc) is 2.91. The molecule has 0 atom stereocenters. The van der Waals surface area contributed by atoms with Crippen molar-refractivity contribution in [3.05, 3.63) is 60.4 Å². The van der Waals surface area contributed by atoms with Crippen molar-refractivity contribution in [1.29, 1.82) is 0 Å². The van der Waals surface area contributed by atoms with Gasteiger partial charge in [-0.2, -0.15) is 0 Å². The molecule has 4 nitrogen and oxygen atoms in total. The maximum absolute atomic E-state index is 13.7. The number of aromatic nitrogens is 3. The van der Waals surface area contributed by atoms with Crippen LogP contribution in [0.1, 0.15) is 5.56 Å². The Bertz CT molecular complexity index is 764. The van der Waals surface area contributed by atoms with Gasteiger partial charge in [-0.25, -0.2) is 14.4 Å². The Morgan fingerprint density at radius 2 is 2.05 bits per heavy atom. The van der Waals surface area contributed by atoms with Gasteiger partial charge >= 0.3 is 0 Å². The highest BCUT2D eigenvalue weighted by molar-refractivity contribution is 5.72. The number of benzene rings is 1. The van der Waals surface area contributed by atoms with Crippen molar-refractivity contribution in [3.63, 3.8) is 0 Å². The summed E-state index contributed by atoms with van der Waals surface area (Å²) in [6.45, 7) is 1.74. The predicted octanol–water partition coefficient (Wildman–Crippen LogP) is 2.96. The zero-order valence-electron chi connectivity index (χ0n) is 10.9. The third kappa shape index (κ3) is 1.93. The summed E-state index contributed by atoms with van der Waals surface area (Å²) in [6, 6.07) is 8.63. The van der Waals surface area contributed by atoms with Crippen LogP contribution < -0.4 is 5.73 Å². The van der Waals surface area contributed by atoms with Gasteiger partial charge in [-0.15, -0.1) is 0 Å². The van der Waals surface area contributed by atoms with Gasteiger partial charge in [-0.05, 0) is 31.2 Å². The molecule has 3 rings (SSSR count). The SMILES string of the molecule is Cc1c(F)cccc1-n1cncc1-c1cccnc1N. The molecule has 0 saturated carbocycles. The molecule has 0 aliphatic heterocycles. The van der Waals surface area contributed by atoms with Crippen molar-refractivity contribution in [3.8, 4) is 16.9 Å². The monoisotopic (exact) mass is 268 g/mol. The molecule has 0 aliphatic rings. The number of imidazole rings is 1. The number of pyridine rings is 1. The Kier molecular flexibility index (Phi) is 2.95. The second-order valence-electron chi connectivity index (χ2n) is 4.47. The fourth-order valence-electron chi connectivity index (χ4n) is 2.18. The lowest BCUT2D eigenvalue weighted by atomic mass is 10.1. The molecule has 0 fully saturated rings. The van der Waals surface area contributed by atoms with Crippen LogP contribution in [0.5, 0.6) is 0 Å². The molecular weight excluding hydrogens is 255 g/mol. The molecule has 0 bridgehead atoms. The molecule has 0 radical (unpaired) electrons. The second-order valence-corrected chi connectivity index (χ2v) is 4.47. The number of nitrogens with zero attached hydrogens (tertiary/aromatic N) is 3. The quantitative estimate of drug-likeness (QED) is 0.777. The molecule has 5 heteroatoms. The van der Waals surface area contributed by atoms with Gasteiger partial charge in [0.25, 0.3) is 0 Å². The van der Waals surface area contributed by atoms with Crippen LogP contribution in [0.15, 0.2) is 49.1 Å². The van der Waals surface area contributed by atoms with Gasteiger partial charge in [0, 0.05) is 17.3 Å². The van der Waals surface area contributed by atoms with Crippen molar-refractivity contribution in [2.24, 2.45) is 0 Å². The lowest BCUT2D eigenvalue weighted by Crippen LogP contribution is -2.02. The molecule has 100 valence electrons. The van der Waals surface area contributed by atoms with Crippen LogP contribution in [0.3, 0.4) is 0 Å². The maximum Gasteiger partial charge on any atom is 0.132 e. The van der Waals surface area contributed by atoms with E-state index in [0.717, 1.165) is 16.9 Å². The molecule has 0 unspecified atom stereocenters. The number of hydrogen-bond donors (Lipinski definition) is 1. The molecule has 20 heavy (non-hydrogen) atoms. The molecule has 2 N–H and O–H groups in total. The number of halogens is 1. The minimum Gasteiger partial charge on any atom is -0.383 e. The van der Waals surface area contributed by atoms with Crippen LogP contribution in [0.2, 0.25) is 0 Å². The van der Waals surface area contributed by atoms with Crippen molar-refractivity contribution >= 4 is 5.82 Å². The number of nitrogen functional groups attached to an aromatic ring is 1. The van der Waals surface area contributed by atoms with Crippen LogP contribution in [0, 0.1) is 12.7 Å². The number of anilines is 1. The van der Waals surface area contributed by atoms with Crippen molar-refractivity contribution in [1.82, 2.24) is 14.5 Å². The van der Waals surface area contributed by atoms with Crippen LogP contribution >= 0.6 is 0 Å². The van der Waals surface area contributed by atoms with E-state index in [0.29, 0.717) is 11.4 Å². The molecule has 0 aliphatic carbocycles. The fraction of sp³-hybridized carbons (Fsp3) is 0.0667. The van der Waals surface area contributed by atoms with E-state index in [1.807, 2.05) is 22.8 Å². The highest BCUT2D eigenvalue weighted by atomic mass is 19.1. The molecule has 3 aromatic rings. The van der Waals surface area contributed by atoms with Gasteiger partial charge in [0.1, 0.15) is 11.6 Å². The molecule has 0 saturated heterocycles. The standard InChI is InChI=1S/C15H13FN4/c1-10-12(16)5-2-6-13(10)20-9-18-8-14(20)11-4-3-7-19-15(11)17/h2-9H,1H3,(H2,17,19). The van der Waals surface area contributed by atoms with E-state index in [9.17, 15) is 4.39 Å². The van der Waals surface area contributed by atoms with Gasteiger partial charge < -0.3 is 5.73 Å². The summed E-state index contributed by atoms with van der Waals surface area (Å²) in [5, 5.41) is 0. The minimum atomic E-state index is -0.249. The second kappa shape index (κ2) is 4.77. The third-order valence-electron chi connectivity index (χ3n) is 3.25. The smallest absolute Gasteiger partial charge is 0.132 e. The van der Waals surface area contributed by atoms with Crippen molar-refractivity contribution < 1.29 is 4.39 Å². The molecule has 2 heterocycles. The van der Waals surface area contributed by atoms with Crippen LogP contribution in [-0.4, -0.2) is 14.5 Å². The van der Waals surface area contributed by atoms with E-state index in [4.69, 9.17) is 5.73 Å². The topological polar surface area (TPSA) is 56.7 Å². The largest absolute Gasteiger partial charge is 0.383 e. The Morgan fingerprint density at radius 1 is 1.20 bits per heavy atom. The van der Waals surface area contributed by atoms with E-state index < -0.39 is 0 Å². The third-order valence-corrected chi connectivity index (χ3v) is 3.25. The van der Waals surface area contributed by atoms with Crippen LogP contribution in [0.25, 0.3) is 16.9 Å². The zero-order chi connectivity index (χ0) is 14.1. The summed E-state index contributed by atoms with van der Waals surface area (Å²) in [5.74, 6) is 0.171. The average molecular weight is 268 g/mol. The minimum absolute atomic E-state index is 0.249. The van der Waals surface area contributed by atoms with E-state index in [1.165, 1.54) is 6.07 Å². The van der Waals surface area contributed by atoms with Crippen LogP contribution in [0.4, 0.5) is 10.2 Å². The Morgan fingerprint density at radius 3 is 2.85 bits per heavy atom. The fourth-order valence-corrected chi connectivity index (χ4v) is 2.18. The lowest BCUT2D eigenvalue weighted by molar-refractivity contribution is 0.617. The first kappa shape index (κ1) is 12.3. The van der Waals surface area contributed by atoms with Gasteiger partial charge in [-0.1, -0.05) is 6.07 Å². The molecule has 0 amide bonds. The van der Waals surface area contributed by atoms with E-state index in [1.54, 1.807) is 31.7 Å². The highest BCUT2D eigenvalue weighted by Crippen LogP contribution is 2.27. The van der Waals surface area contributed by atoms with Crippen molar-refractivity contribution in [2.75, 3.05) is 5.73 Å². The summed E-state index contributed by atoms with van der Waals surface area (Å²) >= 11 is 0. The molecule has 0 spiro atoms. The summed E-state index contributed by atoms with van der Waals surface area (Å²) in [6.07, 6.45) is 4.97. The van der Waals surface area contributed by atoms with Gasteiger partial charge in [0.05, 0.1) is 23.9 Å². The summed E-state index contributed by atoms with van der Waals surface area (Å²) < 4.78 is 15.5. The van der Waals surface area contributed by atoms with Gasteiger partial charge in [0.15, 0.2) is 0 Å². The Balaban J connectivity index is 2.21. The van der Waals surface area contributed by atoms with Crippen LogP contribution in [-0.2, 0) is 0 Å². The first-order valence-corrected chi connectivity index (χ1v) is 6.17. The first-order chi connectivity index (χ1) is 9.68. The van der Waals surface area contributed by atoms with E-state index in [2.05, 4.69) is 9.97 Å². The predicted molar refractivity (Wildman–Crippen MR) is 75.9 cm³/mol.